The Morgan fingerprint density at radius 3 is 2.43 bits per heavy atom. The van der Waals surface area contributed by atoms with Crippen LogP contribution in [0.25, 0.3) is 0 Å². The maximum Gasteiger partial charge on any atom is 0.310 e. The third kappa shape index (κ3) is 2.63. The number of nitrogens with one attached hydrogen (secondary N) is 1. The molecule has 2 heterocycles. The second-order valence-corrected chi connectivity index (χ2v) is 5.40. The van der Waals surface area contributed by atoms with Gasteiger partial charge in [0.05, 0.1) is 38.0 Å². The van der Waals surface area contributed by atoms with Crippen LogP contribution >= 0.6 is 0 Å². The van der Waals surface area contributed by atoms with Gasteiger partial charge in [0, 0.05) is 6.07 Å². The van der Waals surface area contributed by atoms with Crippen molar-refractivity contribution < 1.29 is 28.9 Å². The van der Waals surface area contributed by atoms with Crippen molar-refractivity contribution in [3.05, 3.63) is 30.4 Å². The van der Waals surface area contributed by atoms with Crippen LogP contribution in [0.4, 0.5) is 5.69 Å². The number of carbonyl (C=O) groups is 2. The summed E-state index contributed by atoms with van der Waals surface area (Å²) in [4.78, 5) is 24.0. The number of amides is 1. The smallest absolute Gasteiger partial charge is 0.310 e. The van der Waals surface area contributed by atoms with E-state index in [1.54, 1.807) is 30.4 Å². The molecule has 1 aromatic rings. The molecule has 2 aliphatic heterocycles. The first-order valence-corrected chi connectivity index (χ1v) is 7.14. The fourth-order valence-electron chi connectivity index (χ4n) is 3.03. The lowest BCUT2D eigenvalue weighted by Crippen LogP contribution is -2.39. The number of ether oxygens (including phenoxy) is 3. The monoisotopic (exact) mass is 319 g/mol. The Labute approximate surface area is 132 Å². The number of aliphatic carboxylic acids is 1. The molecule has 0 radical (unpaired) electrons. The van der Waals surface area contributed by atoms with Gasteiger partial charge in [0.25, 0.3) is 0 Å². The molecule has 2 bridgehead atoms. The Morgan fingerprint density at radius 2 is 1.83 bits per heavy atom. The molecular weight excluding hydrogens is 302 g/mol. The molecule has 0 aromatic heterocycles. The second kappa shape index (κ2) is 5.92. The van der Waals surface area contributed by atoms with Crippen LogP contribution in [0.1, 0.15) is 0 Å². The summed E-state index contributed by atoms with van der Waals surface area (Å²) in [6, 6.07) is 4.97. The molecule has 3 rings (SSSR count). The molecule has 4 atom stereocenters. The third-order valence-corrected chi connectivity index (χ3v) is 4.15. The van der Waals surface area contributed by atoms with E-state index in [2.05, 4.69) is 5.32 Å². The van der Waals surface area contributed by atoms with Gasteiger partial charge < -0.3 is 24.6 Å². The number of fused-ring (bicyclic) bond motifs is 2. The van der Waals surface area contributed by atoms with Crippen LogP contribution in [-0.4, -0.2) is 43.4 Å². The summed E-state index contributed by atoms with van der Waals surface area (Å²) in [7, 11) is 3.01. The van der Waals surface area contributed by atoms with E-state index in [9.17, 15) is 14.7 Å². The summed E-state index contributed by atoms with van der Waals surface area (Å²) in [5.74, 6) is -2.07. The van der Waals surface area contributed by atoms with Crippen molar-refractivity contribution in [3.8, 4) is 11.5 Å². The zero-order valence-electron chi connectivity index (χ0n) is 12.7. The van der Waals surface area contributed by atoms with E-state index >= 15 is 0 Å². The molecule has 0 saturated carbocycles. The molecule has 1 amide bonds. The van der Waals surface area contributed by atoms with E-state index in [1.807, 2.05) is 0 Å². The van der Waals surface area contributed by atoms with Crippen molar-refractivity contribution in [1.82, 2.24) is 0 Å². The number of carbonyl (C=O) groups excluding carboxylic acids is 1. The first-order valence-electron chi connectivity index (χ1n) is 7.14. The molecule has 0 spiro atoms. The number of carboxylic acids is 1. The molecule has 7 nitrogen and oxygen atoms in total. The molecule has 122 valence electrons. The van der Waals surface area contributed by atoms with Crippen LogP contribution < -0.4 is 14.8 Å². The number of methoxy groups -OCH3 is 2. The quantitative estimate of drug-likeness (QED) is 0.795. The standard InChI is InChI=1S/C16H17NO6/c1-21-8-3-4-9(12(7-8)22-2)17-15(18)13-10-5-6-11(23-10)14(13)16(19)20/h3-7,10-11,13-14H,1-2H3,(H,17,18)(H,19,20)/t10-,11-,13+,14-/m0/s1. The van der Waals surface area contributed by atoms with Gasteiger partial charge in [-0.15, -0.1) is 0 Å². The van der Waals surface area contributed by atoms with Gasteiger partial charge in [-0.25, -0.2) is 0 Å². The molecule has 2 aliphatic rings. The first-order chi connectivity index (χ1) is 11.0. The van der Waals surface area contributed by atoms with E-state index in [0.29, 0.717) is 17.2 Å². The Kier molecular flexibility index (Phi) is 3.96. The van der Waals surface area contributed by atoms with Crippen molar-refractivity contribution in [1.29, 1.82) is 0 Å². The molecule has 1 saturated heterocycles. The maximum atomic E-state index is 12.6. The minimum atomic E-state index is -1.04. The fourth-order valence-corrected chi connectivity index (χ4v) is 3.03. The van der Waals surface area contributed by atoms with E-state index in [0.717, 1.165) is 0 Å². The number of anilines is 1. The molecular formula is C16H17NO6. The largest absolute Gasteiger partial charge is 0.497 e. The molecule has 7 heteroatoms. The molecule has 0 aliphatic carbocycles. The van der Waals surface area contributed by atoms with Crippen molar-refractivity contribution >= 4 is 17.6 Å². The SMILES string of the molecule is COc1ccc(NC(=O)[C@H]2[C@@H](C(=O)O)[C@@H]3C=C[C@@H]2O3)c(OC)c1. The zero-order chi connectivity index (χ0) is 16.6. The first kappa shape index (κ1) is 15.4. The van der Waals surface area contributed by atoms with Crippen LogP contribution in [0.3, 0.4) is 0 Å². The Morgan fingerprint density at radius 1 is 1.13 bits per heavy atom. The van der Waals surface area contributed by atoms with Gasteiger partial charge >= 0.3 is 5.97 Å². The van der Waals surface area contributed by atoms with Crippen LogP contribution in [0.5, 0.6) is 11.5 Å². The van der Waals surface area contributed by atoms with Crippen molar-refractivity contribution in [2.45, 2.75) is 12.2 Å². The van der Waals surface area contributed by atoms with Gasteiger partial charge in [-0.2, -0.15) is 0 Å². The van der Waals surface area contributed by atoms with E-state index in [1.165, 1.54) is 14.2 Å². The van der Waals surface area contributed by atoms with Crippen LogP contribution in [0.2, 0.25) is 0 Å². The predicted octanol–water partition coefficient (Wildman–Crippen LogP) is 1.30. The maximum absolute atomic E-state index is 12.6. The summed E-state index contributed by atoms with van der Waals surface area (Å²) in [5, 5.41) is 12.1. The lowest BCUT2D eigenvalue weighted by Gasteiger charge is -2.21. The van der Waals surface area contributed by atoms with Crippen LogP contribution in [0.15, 0.2) is 30.4 Å². The highest BCUT2D eigenvalue weighted by atomic mass is 16.5. The van der Waals surface area contributed by atoms with Gasteiger partial charge in [-0.05, 0) is 12.1 Å². The fraction of sp³-hybridized carbons (Fsp3) is 0.375. The lowest BCUT2D eigenvalue weighted by molar-refractivity contribution is -0.145. The van der Waals surface area contributed by atoms with Gasteiger partial charge in [0.1, 0.15) is 17.4 Å². The average molecular weight is 319 g/mol. The topological polar surface area (TPSA) is 94.1 Å². The summed E-state index contributed by atoms with van der Waals surface area (Å²) >= 11 is 0. The van der Waals surface area contributed by atoms with Crippen molar-refractivity contribution in [2.24, 2.45) is 11.8 Å². The molecule has 1 fully saturated rings. The highest BCUT2D eigenvalue weighted by molar-refractivity contribution is 5.97. The highest BCUT2D eigenvalue weighted by Gasteiger charge is 2.53. The van der Waals surface area contributed by atoms with Crippen LogP contribution in [-0.2, 0) is 14.3 Å². The molecule has 23 heavy (non-hydrogen) atoms. The number of rotatable bonds is 5. The Balaban J connectivity index is 1.82. The summed E-state index contributed by atoms with van der Waals surface area (Å²) in [6.07, 6.45) is 2.37. The van der Waals surface area contributed by atoms with Gasteiger partial charge in [0.15, 0.2) is 0 Å². The Bertz CT molecular complexity index is 671. The summed E-state index contributed by atoms with van der Waals surface area (Å²) in [6.45, 7) is 0. The molecule has 0 unspecified atom stereocenters. The summed E-state index contributed by atoms with van der Waals surface area (Å²) < 4.78 is 15.8. The van der Waals surface area contributed by atoms with Gasteiger partial charge in [-0.1, -0.05) is 12.2 Å². The third-order valence-electron chi connectivity index (χ3n) is 4.15. The lowest BCUT2D eigenvalue weighted by atomic mass is 9.82. The van der Waals surface area contributed by atoms with E-state index in [-0.39, 0.29) is 0 Å². The number of hydrogen-bond donors (Lipinski definition) is 2. The predicted molar refractivity (Wildman–Crippen MR) is 80.6 cm³/mol. The van der Waals surface area contributed by atoms with Gasteiger partial charge in [-0.3, -0.25) is 9.59 Å². The number of benzene rings is 1. The molecule has 1 aromatic carbocycles. The summed E-state index contributed by atoms with van der Waals surface area (Å²) in [5.41, 5.74) is 0.453. The van der Waals surface area contributed by atoms with Crippen molar-refractivity contribution in [3.63, 3.8) is 0 Å². The highest BCUT2D eigenvalue weighted by Crippen LogP contribution is 2.40. The Hall–Kier alpha value is -2.54. The normalized spacial score (nSPS) is 27.7. The van der Waals surface area contributed by atoms with Gasteiger partial charge in [0.2, 0.25) is 5.91 Å². The molecule has 2 N–H and O–H groups in total. The minimum absolute atomic E-state index is 0.405. The van der Waals surface area contributed by atoms with Crippen molar-refractivity contribution in [2.75, 3.05) is 19.5 Å². The average Bonchev–Trinajstić information content (AvgIpc) is 3.16. The zero-order valence-corrected chi connectivity index (χ0v) is 12.7. The number of carboxylic acid groups (broad SMARTS) is 1. The van der Waals surface area contributed by atoms with Crippen LogP contribution in [0, 0.1) is 11.8 Å². The second-order valence-electron chi connectivity index (χ2n) is 5.40. The van der Waals surface area contributed by atoms with E-state index < -0.39 is 35.9 Å². The van der Waals surface area contributed by atoms with E-state index in [4.69, 9.17) is 14.2 Å². The minimum Gasteiger partial charge on any atom is -0.497 e. The number of hydrogen-bond acceptors (Lipinski definition) is 5.